The second-order valence-corrected chi connectivity index (χ2v) is 9.78. The highest BCUT2D eigenvalue weighted by molar-refractivity contribution is 7.83. The quantitative estimate of drug-likeness (QED) is 0.516. The molecule has 4 nitrogen and oxygen atoms in total. The van der Waals surface area contributed by atoms with Crippen LogP contribution in [0.25, 0.3) is 22.0 Å². The summed E-state index contributed by atoms with van der Waals surface area (Å²) in [5, 5.41) is 3.84. The van der Waals surface area contributed by atoms with Gasteiger partial charge in [-0.1, -0.05) is 6.07 Å². The number of hydrogen-bond donors (Lipinski definition) is 2. The maximum atomic E-state index is 15.1. The first-order chi connectivity index (χ1) is 15.2. The monoisotopic (exact) mass is 469 g/mol. The molecule has 2 aromatic carbocycles. The number of aromatic nitrogens is 1. The Bertz CT molecular complexity index is 1210. The Hall–Kier alpha value is -2.30. The summed E-state index contributed by atoms with van der Waals surface area (Å²) >= 11 is 0. The zero-order valence-electron chi connectivity index (χ0n) is 16.8. The molecule has 1 aliphatic heterocycles. The van der Waals surface area contributed by atoms with Gasteiger partial charge in [0.05, 0.1) is 22.6 Å². The summed E-state index contributed by atoms with van der Waals surface area (Å²) in [4.78, 5) is 0. The third-order valence-electron chi connectivity index (χ3n) is 5.97. The van der Waals surface area contributed by atoms with E-state index in [2.05, 4.69) is 10.0 Å². The van der Waals surface area contributed by atoms with Gasteiger partial charge in [-0.15, -0.1) is 0 Å². The Morgan fingerprint density at radius 2 is 1.84 bits per heavy atom. The highest BCUT2D eigenvalue weighted by atomic mass is 32.2. The van der Waals surface area contributed by atoms with E-state index in [1.165, 1.54) is 12.1 Å². The lowest BCUT2D eigenvalue weighted by atomic mass is 9.97. The minimum Gasteiger partial charge on any atom is -0.341 e. The molecule has 0 amide bonds. The van der Waals surface area contributed by atoms with E-state index in [4.69, 9.17) is 0 Å². The van der Waals surface area contributed by atoms with Crippen molar-refractivity contribution in [1.82, 2.24) is 14.6 Å². The maximum Gasteiger partial charge on any atom is 0.417 e. The van der Waals surface area contributed by atoms with Crippen molar-refractivity contribution in [1.29, 1.82) is 0 Å². The summed E-state index contributed by atoms with van der Waals surface area (Å²) in [6, 6.07) is 4.93. The van der Waals surface area contributed by atoms with Crippen LogP contribution in [0.5, 0.6) is 0 Å². The Kier molecular flexibility index (Phi) is 5.34. The Labute approximate surface area is 183 Å². The first kappa shape index (κ1) is 21.5. The van der Waals surface area contributed by atoms with Gasteiger partial charge >= 0.3 is 6.18 Å². The van der Waals surface area contributed by atoms with Crippen molar-refractivity contribution in [2.24, 2.45) is 0 Å². The van der Waals surface area contributed by atoms with Crippen LogP contribution in [-0.2, 0) is 23.7 Å². The van der Waals surface area contributed by atoms with E-state index in [0.717, 1.165) is 30.5 Å². The zero-order valence-corrected chi connectivity index (χ0v) is 17.6. The summed E-state index contributed by atoms with van der Waals surface area (Å²) in [5.74, 6) is -1.87. The van der Waals surface area contributed by atoms with Crippen LogP contribution in [0.3, 0.4) is 0 Å². The standard InChI is InChI=1S/C22H20F5N3OS/c23-13-1-4-16(19(5-13)22(25,26)27)18-7-21-17(6-20(18)24)12(8-29-32(31)15-2-3-15)11-30(21)14-9-28-10-14/h1,4-7,11,14-15,28-29H,2-3,8-10H2. The molecule has 10 heteroatoms. The molecule has 0 spiro atoms. The lowest BCUT2D eigenvalue weighted by molar-refractivity contribution is -0.137. The predicted molar refractivity (Wildman–Crippen MR) is 112 cm³/mol. The molecule has 2 fully saturated rings. The number of alkyl halides is 3. The first-order valence-electron chi connectivity index (χ1n) is 10.3. The fourth-order valence-corrected chi connectivity index (χ4v) is 5.09. The lowest BCUT2D eigenvalue weighted by Crippen LogP contribution is -2.43. The smallest absolute Gasteiger partial charge is 0.341 e. The number of fused-ring (bicyclic) bond motifs is 1. The molecule has 0 radical (unpaired) electrons. The van der Waals surface area contributed by atoms with Crippen LogP contribution in [0.15, 0.2) is 36.5 Å². The van der Waals surface area contributed by atoms with Crippen molar-refractivity contribution in [3.05, 3.63) is 59.3 Å². The average Bonchev–Trinajstić information content (AvgIpc) is 3.49. The van der Waals surface area contributed by atoms with Crippen molar-refractivity contribution in [3.63, 3.8) is 0 Å². The molecule has 2 heterocycles. The molecular formula is C22H20F5N3OS. The van der Waals surface area contributed by atoms with E-state index in [-0.39, 0.29) is 23.4 Å². The molecule has 1 saturated heterocycles. The van der Waals surface area contributed by atoms with Crippen molar-refractivity contribution < 1.29 is 26.2 Å². The van der Waals surface area contributed by atoms with Gasteiger partial charge in [0.25, 0.3) is 0 Å². The Balaban J connectivity index is 1.62. The molecule has 1 saturated carbocycles. The third kappa shape index (κ3) is 3.95. The van der Waals surface area contributed by atoms with Crippen molar-refractivity contribution in [2.45, 2.75) is 36.9 Å². The van der Waals surface area contributed by atoms with Gasteiger partial charge in [-0.2, -0.15) is 13.2 Å². The molecular weight excluding hydrogens is 449 g/mol. The summed E-state index contributed by atoms with van der Waals surface area (Å²) in [6.07, 6.45) is -1.18. The summed E-state index contributed by atoms with van der Waals surface area (Å²) in [7, 11) is -1.17. The molecule has 3 aromatic rings. The number of nitrogens with one attached hydrogen (secondary N) is 2. The summed E-state index contributed by atoms with van der Waals surface area (Å²) in [5.41, 5.74) is -0.563. The van der Waals surface area contributed by atoms with E-state index in [0.29, 0.717) is 30.1 Å². The van der Waals surface area contributed by atoms with Crippen LogP contribution >= 0.6 is 0 Å². The van der Waals surface area contributed by atoms with Gasteiger partial charge < -0.3 is 9.88 Å². The normalized spacial score (nSPS) is 18.2. The van der Waals surface area contributed by atoms with Crippen molar-refractivity contribution >= 4 is 21.9 Å². The van der Waals surface area contributed by atoms with Gasteiger partial charge in [0.1, 0.15) is 11.6 Å². The zero-order chi connectivity index (χ0) is 22.6. The predicted octanol–water partition coefficient (Wildman–Crippen LogP) is 4.67. The van der Waals surface area contributed by atoms with Gasteiger partial charge in [-0.25, -0.2) is 17.7 Å². The molecule has 2 N–H and O–H groups in total. The number of benzene rings is 2. The van der Waals surface area contributed by atoms with E-state index in [1.54, 1.807) is 0 Å². The average molecular weight is 469 g/mol. The Morgan fingerprint density at radius 3 is 2.47 bits per heavy atom. The Morgan fingerprint density at radius 1 is 1.09 bits per heavy atom. The summed E-state index contributed by atoms with van der Waals surface area (Å²) in [6.45, 7) is 1.62. The highest BCUT2D eigenvalue weighted by Crippen LogP contribution is 2.40. The maximum absolute atomic E-state index is 15.1. The minimum atomic E-state index is -4.83. The molecule has 1 atom stereocenters. The molecule has 2 aliphatic rings. The molecule has 32 heavy (non-hydrogen) atoms. The fourth-order valence-electron chi connectivity index (χ4n) is 3.99. The molecule has 5 rings (SSSR count). The largest absolute Gasteiger partial charge is 0.417 e. The van der Waals surface area contributed by atoms with Crippen LogP contribution < -0.4 is 10.0 Å². The molecule has 170 valence electrons. The molecule has 0 bridgehead atoms. The van der Waals surface area contributed by atoms with E-state index in [1.807, 2.05) is 10.8 Å². The van der Waals surface area contributed by atoms with Crippen molar-refractivity contribution in [2.75, 3.05) is 13.1 Å². The van der Waals surface area contributed by atoms with Crippen LogP contribution in [0.1, 0.15) is 30.0 Å². The molecule has 1 aromatic heterocycles. The fraction of sp³-hybridized carbons (Fsp3) is 0.364. The van der Waals surface area contributed by atoms with Crippen LogP contribution in [0.4, 0.5) is 22.0 Å². The van der Waals surface area contributed by atoms with E-state index >= 15 is 4.39 Å². The number of halogens is 5. The topological polar surface area (TPSA) is 46.1 Å². The number of rotatable bonds is 6. The van der Waals surface area contributed by atoms with Gasteiger partial charge in [0.15, 0.2) is 0 Å². The minimum absolute atomic E-state index is 0.0776. The molecule has 1 unspecified atom stereocenters. The second kappa shape index (κ2) is 7.93. The SMILES string of the molecule is O=S(NCc1cn(C2CNC2)c2cc(-c3ccc(F)cc3C(F)(F)F)c(F)cc12)C1CC1. The highest BCUT2D eigenvalue weighted by Gasteiger charge is 2.35. The van der Waals surface area contributed by atoms with Crippen LogP contribution in [0.2, 0.25) is 0 Å². The third-order valence-corrected chi connectivity index (χ3v) is 7.47. The van der Waals surface area contributed by atoms with Gasteiger partial charge in [0.2, 0.25) is 0 Å². The van der Waals surface area contributed by atoms with Crippen molar-refractivity contribution in [3.8, 4) is 11.1 Å². The number of nitrogens with zero attached hydrogens (tertiary/aromatic N) is 1. The van der Waals surface area contributed by atoms with Gasteiger partial charge in [0, 0.05) is 47.5 Å². The van der Waals surface area contributed by atoms with Gasteiger partial charge in [-0.3, -0.25) is 0 Å². The van der Waals surface area contributed by atoms with Crippen LogP contribution in [0, 0.1) is 11.6 Å². The second-order valence-electron chi connectivity index (χ2n) is 8.23. The van der Waals surface area contributed by atoms with Gasteiger partial charge in [-0.05, 0) is 48.2 Å². The van der Waals surface area contributed by atoms with Crippen LogP contribution in [-0.4, -0.2) is 27.1 Å². The van der Waals surface area contributed by atoms with E-state index in [9.17, 15) is 21.8 Å². The first-order valence-corrected chi connectivity index (χ1v) is 11.5. The number of hydrogen-bond acceptors (Lipinski definition) is 2. The lowest BCUT2D eigenvalue weighted by Gasteiger charge is -2.29. The summed E-state index contributed by atoms with van der Waals surface area (Å²) < 4.78 is 86.4. The van der Waals surface area contributed by atoms with E-state index < -0.39 is 39.9 Å². The molecule has 1 aliphatic carbocycles.